The van der Waals surface area contributed by atoms with Gasteiger partial charge in [0.15, 0.2) is 5.82 Å². The summed E-state index contributed by atoms with van der Waals surface area (Å²) in [5, 5.41) is 17.1. The molecular formula is C19H16FN5O2. The van der Waals surface area contributed by atoms with Crippen LogP contribution in [0.2, 0.25) is 0 Å². The molecule has 7 nitrogen and oxygen atoms in total. The molecule has 1 amide bonds. The molecule has 2 aromatic carbocycles. The molecule has 0 saturated heterocycles. The SMILES string of the molecule is CC1=C(C(N)=O)C(c2ccc(O)cc2)n2nc(-c3ccc(F)cc3)nc2N1. The highest BCUT2D eigenvalue weighted by Gasteiger charge is 2.33. The number of amides is 1. The van der Waals surface area contributed by atoms with Gasteiger partial charge in [0.25, 0.3) is 0 Å². The molecule has 0 saturated carbocycles. The average Bonchev–Trinajstić information content (AvgIpc) is 3.05. The first-order chi connectivity index (χ1) is 12.9. The Morgan fingerprint density at radius 1 is 1.19 bits per heavy atom. The lowest BCUT2D eigenvalue weighted by Crippen LogP contribution is -2.31. The largest absolute Gasteiger partial charge is 0.508 e. The quantitative estimate of drug-likeness (QED) is 0.661. The van der Waals surface area contributed by atoms with Crippen molar-refractivity contribution < 1.29 is 14.3 Å². The van der Waals surface area contributed by atoms with Crippen LogP contribution in [0, 0.1) is 5.82 Å². The van der Waals surface area contributed by atoms with E-state index < -0.39 is 11.9 Å². The number of benzene rings is 2. The fraction of sp³-hybridized carbons (Fsp3) is 0.105. The molecule has 0 fully saturated rings. The van der Waals surface area contributed by atoms with Crippen molar-refractivity contribution in [3.05, 3.63) is 71.2 Å². The van der Waals surface area contributed by atoms with Crippen LogP contribution in [0.4, 0.5) is 10.3 Å². The second-order valence-electron chi connectivity index (χ2n) is 6.23. The summed E-state index contributed by atoms with van der Waals surface area (Å²) in [4.78, 5) is 16.6. The summed E-state index contributed by atoms with van der Waals surface area (Å²) < 4.78 is 14.8. The number of hydrogen-bond acceptors (Lipinski definition) is 5. The number of allylic oxidation sites excluding steroid dienone is 1. The van der Waals surface area contributed by atoms with Gasteiger partial charge >= 0.3 is 0 Å². The van der Waals surface area contributed by atoms with Crippen LogP contribution in [0.5, 0.6) is 5.75 Å². The lowest BCUT2D eigenvalue weighted by molar-refractivity contribution is -0.115. The number of aromatic hydroxyl groups is 1. The van der Waals surface area contributed by atoms with Crippen molar-refractivity contribution in [3.8, 4) is 17.1 Å². The van der Waals surface area contributed by atoms with E-state index in [1.165, 1.54) is 24.3 Å². The number of carbonyl (C=O) groups excluding carboxylic acids is 1. The van der Waals surface area contributed by atoms with Crippen molar-refractivity contribution in [2.75, 3.05) is 5.32 Å². The number of nitrogens with two attached hydrogens (primary N) is 1. The van der Waals surface area contributed by atoms with Crippen molar-refractivity contribution in [2.24, 2.45) is 5.73 Å². The normalized spacial score (nSPS) is 16.0. The van der Waals surface area contributed by atoms with Gasteiger partial charge in [-0.3, -0.25) is 4.79 Å². The van der Waals surface area contributed by atoms with Crippen molar-refractivity contribution in [1.82, 2.24) is 14.8 Å². The lowest BCUT2D eigenvalue weighted by atomic mass is 9.95. The molecule has 1 unspecified atom stereocenters. The van der Waals surface area contributed by atoms with Gasteiger partial charge in [0.1, 0.15) is 17.6 Å². The molecule has 1 aliphatic heterocycles. The van der Waals surface area contributed by atoms with E-state index in [0.717, 1.165) is 5.56 Å². The van der Waals surface area contributed by atoms with Crippen LogP contribution in [0.15, 0.2) is 59.8 Å². The molecule has 0 bridgehead atoms. The van der Waals surface area contributed by atoms with Gasteiger partial charge in [-0.2, -0.15) is 4.98 Å². The van der Waals surface area contributed by atoms with E-state index in [-0.39, 0.29) is 11.6 Å². The first-order valence-corrected chi connectivity index (χ1v) is 8.23. The topological polar surface area (TPSA) is 106 Å². The number of phenolic OH excluding ortho intramolecular Hbond substituents is 1. The number of anilines is 1. The zero-order chi connectivity index (χ0) is 19.1. The highest BCUT2D eigenvalue weighted by Crippen LogP contribution is 2.36. The van der Waals surface area contributed by atoms with E-state index in [1.807, 2.05) is 0 Å². The minimum atomic E-state index is -0.596. The molecule has 4 rings (SSSR count). The molecule has 1 aromatic heterocycles. The number of halogens is 1. The van der Waals surface area contributed by atoms with E-state index in [2.05, 4.69) is 15.4 Å². The standard InChI is InChI=1S/C19H16FN5O2/c1-10-15(17(21)27)16(11-4-8-14(26)9-5-11)25-19(22-10)23-18(24-25)12-2-6-13(20)7-3-12/h2-9,16,26H,1H3,(H2,21,27)(H,22,23,24). The zero-order valence-corrected chi connectivity index (χ0v) is 14.3. The van der Waals surface area contributed by atoms with Gasteiger partial charge in [-0.1, -0.05) is 12.1 Å². The molecule has 4 N–H and O–H groups in total. The third-order valence-corrected chi connectivity index (χ3v) is 4.43. The number of fused-ring (bicyclic) bond motifs is 1. The van der Waals surface area contributed by atoms with Crippen LogP contribution < -0.4 is 11.1 Å². The third kappa shape index (κ3) is 2.91. The van der Waals surface area contributed by atoms with E-state index in [1.54, 1.807) is 35.9 Å². The molecular weight excluding hydrogens is 349 g/mol. The maximum atomic E-state index is 13.2. The smallest absolute Gasteiger partial charge is 0.248 e. The molecule has 2 heterocycles. The Kier molecular flexibility index (Phi) is 3.88. The molecule has 1 atom stereocenters. The van der Waals surface area contributed by atoms with Gasteiger partial charge in [0, 0.05) is 11.3 Å². The van der Waals surface area contributed by atoms with Crippen molar-refractivity contribution in [3.63, 3.8) is 0 Å². The van der Waals surface area contributed by atoms with Gasteiger partial charge in [-0.05, 0) is 48.9 Å². The zero-order valence-electron chi connectivity index (χ0n) is 14.3. The molecule has 0 spiro atoms. The van der Waals surface area contributed by atoms with Crippen LogP contribution in [0.25, 0.3) is 11.4 Å². The van der Waals surface area contributed by atoms with E-state index in [4.69, 9.17) is 5.73 Å². The number of rotatable bonds is 3. The predicted molar refractivity (Wildman–Crippen MR) is 97.2 cm³/mol. The fourth-order valence-corrected chi connectivity index (χ4v) is 3.16. The summed E-state index contributed by atoms with van der Waals surface area (Å²) in [6, 6.07) is 11.7. The summed E-state index contributed by atoms with van der Waals surface area (Å²) in [6.45, 7) is 1.74. The number of hydrogen-bond donors (Lipinski definition) is 3. The van der Waals surface area contributed by atoms with Crippen LogP contribution >= 0.6 is 0 Å². The molecule has 3 aromatic rings. The van der Waals surface area contributed by atoms with Gasteiger partial charge in [-0.15, -0.1) is 5.10 Å². The molecule has 1 aliphatic rings. The summed E-state index contributed by atoms with van der Waals surface area (Å²) in [5.41, 5.74) is 7.91. The second kappa shape index (κ2) is 6.24. The minimum absolute atomic E-state index is 0.111. The Bertz CT molecular complexity index is 1050. The molecule has 8 heteroatoms. The Morgan fingerprint density at radius 3 is 2.48 bits per heavy atom. The monoisotopic (exact) mass is 365 g/mol. The van der Waals surface area contributed by atoms with Crippen molar-refractivity contribution >= 4 is 11.9 Å². The second-order valence-corrected chi connectivity index (χ2v) is 6.23. The van der Waals surface area contributed by atoms with Crippen LogP contribution in [-0.4, -0.2) is 25.8 Å². The lowest BCUT2D eigenvalue weighted by Gasteiger charge is -2.27. The maximum absolute atomic E-state index is 13.2. The Balaban J connectivity index is 1.87. The number of phenols is 1. The van der Waals surface area contributed by atoms with Gasteiger partial charge in [-0.25, -0.2) is 9.07 Å². The van der Waals surface area contributed by atoms with Crippen LogP contribution in [0.3, 0.4) is 0 Å². The Labute approximate surface area is 154 Å². The van der Waals surface area contributed by atoms with Crippen LogP contribution in [-0.2, 0) is 4.79 Å². The Hall–Kier alpha value is -3.68. The highest BCUT2D eigenvalue weighted by molar-refractivity contribution is 5.95. The third-order valence-electron chi connectivity index (χ3n) is 4.43. The summed E-state index contributed by atoms with van der Waals surface area (Å²) in [6.07, 6.45) is 0. The summed E-state index contributed by atoms with van der Waals surface area (Å²) in [7, 11) is 0. The van der Waals surface area contributed by atoms with Crippen molar-refractivity contribution in [2.45, 2.75) is 13.0 Å². The van der Waals surface area contributed by atoms with E-state index in [9.17, 15) is 14.3 Å². The number of nitrogens with zero attached hydrogens (tertiary/aromatic N) is 3. The fourth-order valence-electron chi connectivity index (χ4n) is 3.16. The van der Waals surface area contributed by atoms with Gasteiger partial charge in [0.2, 0.25) is 11.9 Å². The Morgan fingerprint density at radius 2 is 1.85 bits per heavy atom. The van der Waals surface area contributed by atoms with Gasteiger partial charge in [0.05, 0.1) is 5.57 Å². The number of aromatic nitrogens is 3. The number of carbonyl (C=O) groups is 1. The van der Waals surface area contributed by atoms with Crippen molar-refractivity contribution in [1.29, 1.82) is 0 Å². The highest BCUT2D eigenvalue weighted by atomic mass is 19.1. The molecule has 27 heavy (non-hydrogen) atoms. The first kappa shape index (κ1) is 16.8. The molecule has 136 valence electrons. The summed E-state index contributed by atoms with van der Waals surface area (Å²) >= 11 is 0. The minimum Gasteiger partial charge on any atom is -0.508 e. The predicted octanol–water partition coefficient (Wildman–Crippen LogP) is 2.56. The van der Waals surface area contributed by atoms with Crippen LogP contribution in [0.1, 0.15) is 18.5 Å². The number of primary amides is 1. The van der Waals surface area contributed by atoms with Gasteiger partial charge < -0.3 is 16.2 Å². The van der Waals surface area contributed by atoms with E-state index >= 15 is 0 Å². The first-order valence-electron chi connectivity index (χ1n) is 8.23. The number of nitrogens with one attached hydrogen (secondary N) is 1. The maximum Gasteiger partial charge on any atom is 0.248 e. The summed E-state index contributed by atoms with van der Waals surface area (Å²) in [5.74, 6) is 0.00780. The van der Waals surface area contributed by atoms with E-state index in [0.29, 0.717) is 28.6 Å². The molecule has 0 aliphatic carbocycles. The average molecular weight is 365 g/mol. The molecule has 0 radical (unpaired) electrons.